The number of benzene rings is 1. The quantitative estimate of drug-likeness (QED) is 0.832. The van der Waals surface area contributed by atoms with E-state index in [1.54, 1.807) is 18.3 Å². The maximum absolute atomic E-state index is 12.1. The SMILES string of the molecule is Cc1ccc(Oc2ccc(NC(=O)C3CCC(N)C3)cn2)cc1.Cl.Cl. The monoisotopic (exact) mass is 383 g/mol. The molecule has 136 valence electrons. The molecule has 1 fully saturated rings. The first-order chi connectivity index (χ1) is 11.1. The van der Waals surface area contributed by atoms with Crippen molar-refractivity contribution >= 4 is 36.4 Å². The van der Waals surface area contributed by atoms with E-state index in [0.717, 1.165) is 25.0 Å². The highest BCUT2D eigenvalue weighted by Crippen LogP contribution is 2.26. The molecule has 3 rings (SSSR count). The number of aromatic nitrogens is 1. The van der Waals surface area contributed by atoms with Gasteiger partial charge in [-0.2, -0.15) is 0 Å². The fraction of sp³-hybridized carbons (Fsp3) is 0.333. The van der Waals surface area contributed by atoms with Crippen molar-refractivity contribution in [3.63, 3.8) is 0 Å². The zero-order valence-corrected chi connectivity index (χ0v) is 15.6. The Balaban J connectivity index is 0.00000156. The Hall–Kier alpha value is -1.82. The zero-order chi connectivity index (χ0) is 16.2. The summed E-state index contributed by atoms with van der Waals surface area (Å²) in [5.41, 5.74) is 7.70. The van der Waals surface area contributed by atoms with Gasteiger partial charge in [0.15, 0.2) is 0 Å². The van der Waals surface area contributed by atoms with Crippen LogP contribution in [-0.4, -0.2) is 16.9 Å². The molecule has 2 aromatic rings. The van der Waals surface area contributed by atoms with Crippen molar-refractivity contribution in [3.8, 4) is 11.6 Å². The maximum atomic E-state index is 12.1. The van der Waals surface area contributed by atoms with Crippen molar-refractivity contribution < 1.29 is 9.53 Å². The maximum Gasteiger partial charge on any atom is 0.227 e. The Morgan fingerprint density at radius 2 is 1.88 bits per heavy atom. The molecule has 5 nitrogen and oxygen atoms in total. The second kappa shape index (κ2) is 9.61. The van der Waals surface area contributed by atoms with Crippen LogP contribution in [0.25, 0.3) is 0 Å². The number of ether oxygens (including phenoxy) is 1. The molecule has 0 spiro atoms. The van der Waals surface area contributed by atoms with Gasteiger partial charge in [-0.1, -0.05) is 17.7 Å². The summed E-state index contributed by atoms with van der Waals surface area (Å²) in [6, 6.07) is 11.5. The second-order valence-corrected chi connectivity index (χ2v) is 6.06. The molecule has 7 heteroatoms. The van der Waals surface area contributed by atoms with Crippen LogP contribution < -0.4 is 15.8 Å². The largest absolute Gasteiger partial charge is 0.439 e. The highest BCUT2D eigenvalue weighted by molar-refractivity contribution is 5.92. The van der Waals surface area contributed by atoms with Crippen LogP contribution in [0.4, 0.5) is 5.69 Å². The number of halogens is 2. The molecule has 3 N–H and O–H groups in total. The minimum atomic E-state index is 0. The van der Waals surface area contributed by atoms with Gasteiger partial charge in [-0.05, 0) is 44.4 Å². The van der Waals surface area contributed by atoms with Crippen LogP contribution in [0.15, 0.2) is 42.6 Å². The highest BCUT2D eigenvalue weighted by Gasteiger charge is 2.27. The van der Waals surface area contributed by atoms with E-state index in [2.05, 4.69) is 10.3 Å². The third-order valence-corrected chi connectivity index (χ3v) is 4.09. The minimum Gasteiger partial charge on any atom is -0.439 e. The standard InChI is InChI=1S/C18H21N3O2.2ClH/c1-12-2-7-16(8-3-12)23-17-9-6-15(11-20-17)21-18(22)13-4-5-14(19)10-13;;/h2-3,6-9,11,13-14H,4-5,10,19H2,1H3,(H,21,22);2*1H. The van der Waals surface area contributed by atoms with Crippen molar-refractivity contribution in [2.75, 3.05) is 5.32 Å². The summed E-state index contributed by atoms with van der Waals surface area (Å²) in [7, 11) is 0. The van der Waals surface area contributed by atoms with Gasteiger partial charge in [0, 0.05) is 18.0 Å². The molecule has 1 saturated carbocycles. The minimum absolute atomic E-state index is 0. The Morgan fingerprint density at radius 3 is 2.44 bits per heavy atom. The molecule has 1 aromatic carbocycles. The molecule has 25 heavy (non-hydrogen) atoms. The Labute approximate surface area is 160 Å². The molecule has 1 aromatic heterocycles. The number of carbonyl (C=O) groups excluding carboxylic acids is 1. The van der Waals surface area contributed by atoms with Gasteiger partial charge in [-0.15, -0.1) is 24.8 Å². The van der Waals surface area contributed by atoms with Crippen LogP contribution in [0, 0.1) is 12.8 Å². The summed E-state index contributed by atoms with van der Waals surface area (Å²) in [5, 5.41) is 2.89. The highest BCUT2D eigenvalue weighted by atomic mass is 35.5. The lowest BCUT2D eigenvalue weighted by atomic mass is 10.1. The molecule has 1 aliphatic carbocycles. The zero-order valence-electron chi connectivity index (χ0n) is 14.0. The number of nitrogens with zero attached hydrogens (tertiary/aromatic N) is 1. The predicted octanol–water partition coefficient (Wildman–Crippen LogP) is 4.09. The number of nitrogens with two attached hydrogens (primary N) is 1. The number of anilines is 1. The first-order valence-corrected chi connectivity index (χ1v) is 7.87. The topological polar surface area (TPSA) is 77.2 Å². The molecule has 0 saturated heterocycles. The van der Waals surface area contributed by atoms with Crippen LogP contribution in [0.2, 0.25) is 0 Å². The molecule has 2 atom stereocenters. The van der Waals surface area contributed by atoms with Gasteiger partial charge < -0.3 is 15.8 Å². The number of pyridine rings is 1. The molecular weight excluding hydrogens is 361 g/mol. The van der Waals surface area contributed by atoms with Crippen molar-refractivity contribution in [2.45, 2.75) is 32.2 Å². The van der Waals surface area contributed by atoms with Gasteiger partial charge >= 0.3 is 0 Å². The van der Waals surface area contributed by atoms with Crippen molar-refractivity contribution in [1.29, 1.82) is 0 Å². The number of amides is 1. The van der Waals surface area contributed by atoms with E-state index in [1.807, 2.05) is 31.2 Å². The van der Waals surface area contributed by atoms with Crippen LogP contribution in [0.1, 0.15) is 24.8 Å². The third kappa shape index (κ3) is 5.88. The summed E-state index contributed by atoms with van der Waals surface area (Å²) in [6.45, 7) is 2.02. The second-order valence-electron chi connectivity index (χ2n) is 6.06. The molecule has 1 aliphatic rings. The van der Waals surface area contributed by atoms with Crippen LogP contribution in [0.5, 0.6) is 11.6 Å². The summed E-state index contributed by atoms with van der Waals surface area (Å²) in [4.78, 5) is 16.4. The Morgan fingerprint density at radius 1 is 1.16 bits per heavy atom. The molecule has 0 radical (unpaired) electrons. The van der Waals surface area contributed by atoms with E-state index in [9.17, 15) is 4.79 Å². The molecule has 2 unspecified atom stereocenters. The molecule has 0 aliphatic heterocycles. The van der Waals surface area contributed by atoms with Gasteiger partial charge in [0.2, 0.25) is 11.8 Å². The summed E-state index contributed by atoms with van der Waals surface area (Å²) < 4.78 is 5.67. The normalized spacial score (nSPS) is 18.6. The van der Waals surface area contributed by atoms with Crippen LogP contribution >= 0.6 is 24.8 Å². The van der Waals surface area contributed by atoms with Gasteiger partial charge in [0.05, 0.1) is 11.9 Å². The van der Waals surface area contributed by atoms with Crippen molar-refractivity contribution in [2.24, 2.45) is 11.7 Å². The van der Waals surface area contributed by atoms with Gasteiger partial charge in [0.1, 0.15) is 5.75 Å². The lowest BCUT2D eigenvalue weighted by Crippen LogP contribution is -2.23. The molecule has 0 bridgehead atoms. The fourth-order valence-electron chi connectivity index (χ4n) is 2.74. The van der Waals surface area contributed by atoms with Gasteiger partial charge in [-0.3, -0.25) is 4.79 Å². The van der Waals surface area contributed by atoms with Crippen molar-refractivity contribution in [1.82, 2.24) is 4.98 Å². The first kappa shape index (κ1) is 21.2. The first-order valence-electron chi connectivity index (χ1n) is 7.87. The predicted molar refractivity (Wildman–Crippen MR) is 104 cm³/mol. The number of carbonyl (C=O) groups is 1. The van der Waals surface area contributed by atoms with Gasteiger partial charge in [-0.25, -0.2) is 4.98 Å². The number of nitrogens with one attached hydrogen (secondary N) is 1. The van der Waals surface area contributed by atoms with E-state index >= 15 is 0 Å². The number of aryl methyl sites for hydroxylation is 1. The number of rotatable bonds is 4. The average molecular weight is 384 g/mol. The molecule has 1 heterocycles. The van der Waals surface area contributed by atoms with Gasteiger partial charge in [0.25, 0.3) is 0 Å². The number of hydrogen-bond acceptors (Lipinski definition) is 4. The summed E-state index contributed by atoms with van der Waals surface area (Å²) in [6.07, 6.45) is 4.14. The molecular formula is C18H23Cl2N3O2. The summed E-state index contributed by atoms with van der Waals surface area (Å²) >= 11 is 0. The molecule has 1 amide bonds. The van der Waals surface area contributed by atoms with E-state index in [4.69, 9.17) is 10.5 Å². The lowest BCUT2D eigenvalue weighted by Gasteiger charge is -2.11. The lowest BCUT2D eigenvalue weighted by molar-refractivity contribution is -0.119. The van der Waals surface area contributed by atoms with Crippen molar-refractivity contribution in [3.05, 3.63) is 48.2 Å². The number of hydrogen-bond donors (Lipinski definition) is 2. The third-order valence-electron chi connectivity index (χ3n) is 4.09. The van der Waals surface area contributed by atoms with E-state index in [1.165, 1.54) is 5.56 Å². The van der Waals surface area contributed by atoms with E-state index in [-0.39, 0.29) is 42.7 Å². The average Bonchev–Trinajstić information content (AvgIpc) is 2.98. The van der Waals surface area contributed by atoms with E-state index in [0.29, 0.717) is 11.6 Å². The smallest absolute Gasteiger partial charge is 0.227 e. The van der Waals surface area contributed by atoms with E-state index < -0.39 is 0 Å². The van der Waals surface area contributed by atoms with Crippen LogP contribution in [-0.2, 0) is 4.79 Å². The Bertz CT molecular complexity index is 678. The Kier molecular flexibility index (Phi) is 8.16. The summed E-state index contributed by atoms with van der Waals surface area (Å²) in [5.74, 6) is 1.26. The fourth-order valence-corrected chi connectivity index (χ4v) is 2.74. The van der Waals surface area contributed by atoms with Crippen LogP contribution in [0.3, 0.4) is 0 Å².